The van der Waals surface area contributed by atoms with E-state index in [0.29, 0.717) is 0 Å². The predicted octanol–water partition coefficient (Wildman–Crippen LogP) is 3.09. The first kappa shape index (κ1) is 18.3. The highest BCUT2D eigenvalue weighted by Gasteiger charge is 2.32. The number of nitrogens with zero attached hydrogens (tertiary/aromatic N) is 1. The van der Waals surface area contributed by atoms with Crippen LogP contribution in [-0.2, 0) is 6.18 Å². The number of carbonyl (C=O) groups excluding carboxylic acids is 1. The summed E-state index contributed by atoms with van der Waals surface area (Å²) in [5.74, 6) is -0.428. The Bertz CT molecular complexity index is 594. The molecule has 1 heterocycles. The Morgan fingerprint density at radius 3 is 2.67 bits per heavy atom. The Balaban J connectivity index is 2.20. The minimum absolute atomic E-state index is 0.0458. The van der Waals surface area contributed by atoms with Crippen LogP contribution in [0.2, 0.25) is 0 Å². The average molecular weight is 342 g/mol. The van der Waals surface area contributed by atoms with Gasteiger partial charge in [-0.2, -0.15) is 13.2 Å². The van der Waals surface area contributed by atoms with E-state index in [4.69, 9.17) is 4.74 Å². The number of hydrogen-bond donors (Lipinski definition) is 1. The molecule has 24 heavy (non-hydrogen) atoms. The number of likely N-dealkylation sites (tertiary alicyclic amines) is 1. The molecule has 1 amide bonds. The van der Waals surface area contributed by atoms with Gasteiger partial charge in [0, 0.05) is 6.04 Å². The first-order valence-electron chi connectivity index (χ1n) is 7.75. The fourth-order valence-corrected chi connectivity index (χ4v) is 2.57. The summed E-state index contributed by atoms with van der Waals surface area (Å²) in [4.78, 5) is 14.6. The van der Waals surface area contributed by atoms with Gasteiger partial charge in [-0.3, -0.25) is 4.79 Å². The normalized spacial score (nSPS) is 16.7. The van der Waals surface area contributed by atoms with Crippen LogP contribution in [0.4, 0.5) is 13.2 Å². The van der Waals surface area contributed by atoms with Crippen LogP contribution in [0, 0.1) is 0 Å². The van der Waals surface area contributed by atoms with E-state index in [1.54, 1.807) is 0 Å². The van der Waals surface area contributed by atoms with Gasteiger partial charge in [0.2, 0.25) is 0 Å². The maximum absolute atomic E-state index is 12.9. The molecule has 1 aliphatic heterocycles. The molecule has 1 aliphatic rings. The maximum atomic E-state index is 12.9. The molecule has 4 nitrogen and oxygen atoms in total. The van der Waals surface area contributed by atoms with Gasteiger partial charge in [-0.25, -0.2) is 0 Å². The SMILES string of the molecule is C=CCOc1ccc(C(F)(F)F)cc1C(=O)NC1CCN(C)CC1. The molecule has 1 aromatic carbocycles. The summed E-state index contributed by atoms with van der Waals surface area (Å²) in [6, 6.07) is 2.87. The van der Waals surface area contributed by atoms with Crippen molar-refractivity contribution < 1.29 is 22.7 Å². The van der Waals surface area contributed by atoms with E-state index >= 15 is 0 Å². The molecule has 0 radical (unpaired) electrons. The number of piperidine rings is 1. The zero-order chi connectivity index (χ0) is 17.7. The second-order valence-corrected chi connectivity index (χ2v) is 5.86. The fourth-order valence-electron chi connectivity index (χ4n) is 2.57. The molecule has 0 aromatic heterocycles. The van der Waals surface area contributed by atoms with Gasteiger partial charge < -0.3 is 15.0 Å². The molecular formula is C17H21F3N2O2. The molecular weight excluding hydrogens is 321 g/mol. The summed E-state index contributed by atoms with van der Waals surface area (Å²) < 4.78 is 44.1. The second kappa shape index (κ2) is 7.70. The molecule has 7 heteroatoms. The number of carbonyl (C=O) groups is 1. The van der Waals surface area contributed by atoms with Gasteiger partial charge in [-0.05, 0) is 51.2 Å². The van der Waals surface area contributed by atoms with Gasteiger partial charge in [0.15, 0.2) is 0 Å². The summed E-state index contributed by atoms with van der Waals surface area (Å²) in [5, 5.41) is 2.81. The van der Waals surface area contributed by atoms with Crippen LogP contribution in [0.3, 0.4) is 0 Å². The summed E-state index contributed by atoms with van der Waals surface area (Å²) in [5.41, 5.74) is -0.979. The van der Waals surface area contributed by atoms with Crippen LogP contribution in [0.15, 0.2) is 30.9 Å². The molecule has 1 saturated heterocycles. The van der Waals surface area contributed by atoms with Crippen LogP contribution in [0.5, 0.6) is 5.75 Å². The smallest absolute Gasteiger partial charge is 0.416 e. The van der Waals surface area contributed by atoms with Crippen molar-refractivity contribution in [3.05, 3.63) is 42.0 Å². The third-order valence-corrected chi connectivity index (χ3v) is 3.96. The predicted molar refractivity (Wildman–Crippen MR) is 85.1 cm³/mol. The monoisotopic (exact) mass is 342 g/mol. The Morgan fingerprint density at radius 2 is 2.08 bits per heavy atom. The van der Waals surface area contributed by atoms with E-state index in [0.717, 1.165) is 38.1 Å². The van der Waals surface area contributed by atoms with E-state index in [2.05, 4.69) is 16.8 Å². The lowest BCUT2D eigenvalue weighted by Crippen LogP contribution is -2.43. The summed E-state index contributed by atoms with van der Waals surface area (Å²) in [6.45, 7) is 5.29. The van der Waals surface area contributed by atoms with Gasteiger partial charge in [-0.1, -0.05) is 12.7 Å². The number of amides is 1. The number of ether oxygens (including phenoxy) is 1. The quantitative estimate of drug-likeness (QED) is 0.836. The van der Waals surface area contributed by atoms with E-state index in [-0.39, 0.29) is 24.0 Å². The maximum Gasteiger partial charge on any atom is 0.416 e. The number of halogens is 3. The number of nitrogens with one attached hydrogen (secondary N) is 1. The van der Waals surface area contributed by atoms with Crippen LogP contribution in [0.1, 0.15) is 28.8 Å². The van der Waals surface area contributed by atoms with Crippen molar-refractivity contribution in [2.45, 2.75) is 25.1 Å². The zero-order valence-electron chi connectivity index (χ0n) is 13.5. The van der Waals surface area contributed by atoms with Crippen molar-refractivity contribution in [1.82, 2.24) is 10.2 Å². The highest BCUT2D eigenvalue weighted by Crippen LogP contribution is 2.32. The first-order valence-corrected chi connectivity index (χ1v) is 7.75. The molecule has 1 N–H and O–H groups in total. The molecule has 0 saturated carbocycles. The van der Waals surface area contributed by atoms with Crippen molar-refractivity contribution in [2.75, 3.05) is 26.7 Å². The molecule has 0 unspecified atom stereocenters. The molecule has 0 aliphatic carbocycles. The summed E-state index contributed by atoms with van der Waals surface area (Å²) >= 11 is 0. The van der Waals surface area contributed by atoms with Gasteiger partial charge in [0.05, 0.1) is 11.1 Å². The average Bonchev–Trinajstić information content (AvgIpc) is 2.54. The first-order chi connectivity index (χ1) is 11.3. The standard InChI is InChI=1S/C17H21F3N2O2/c1-3-10-24-15-5-4-12(17(18,19)20)11-14(15)16(23)21-13-6-8-22(2)9-7-13/h3-5,11,13H,1,6-10H2,2H3,(H,21,23). The Morgan fingerprint density at radius 1 is 1.42 bits per heavy atom. The van der Waals surface area contributed by atoms with E-state index in [9.17, 15) is 18.0 Å². The fraction of sp³-hybridized carbons (Fsp3) is 0.471. The molecule has 1 fully saturated rings. The largest absolute Gasteiger partial charge is 0.489 e. The van der Waals surface area contributed by atoms with Gasteiger partial charge in [-0.15, -0.1) is 0 Å². The lowest BCUT2D eigenvalue weighted by atomic mass is 10.0. The van der Waals surface area contributed by atoms with E-state index in [1.165, 1.54) is 12.1 Å². The lowest BCUT2D eigenvalue weighted by molar-refractivity contribution is -0.137. The second-order valence-electron chi connectivity index (χ2n) is 5.86. The number of alkyl halides is 3. The number of benzene rings is 1. The summed E-state index contributed by atoms with van der Waals surface area (Å²) in [7, 11) is 1.99. The summed E-state index contributed by atoms with van der Waals surface area (Å²) in [6.07, 6.45) is -1.51. The molecule has 2 rings (SSSR count). The molecule has 1 aromatic rings. The third-order valence-electron chi connectivity index (χ3n) is 3.96. The van der Waals surface area contributed by atoms with Crippen LogP contribution < -0.4 is 10.1 Å². The van der Waals surface area contributed by atoms with Crippen molar-refractivity contribution in [2.24, 2.45) is 0 Å². The van der Waals surface area contributed by atoms with Crippen LogP contribution in [0.25, 0.3) is 0 Å². The van der Waals surface area contributed by atoms with Crippen molar-refractivity contribution >= 4 is 5.91 Å². The van der Waals surface area contributed by atoms with Gasteiger partial charge in [0.25, 0.3) is 5.91 Å². The molecule has 0 bridgehead atoms. The van der Waals surface area contributed by atoms with Gasteiger partial charge in [0.1, 0.15) is 12.4 Å². The van der Waals surface area contributed by atoms with Crippen LogP contribution in [-0.4, -0.2) is 43.6 Å². The Hall–Kier alpha value is -2.02. The highest BCUT2D eigenvalue weighted by molar-refractivity contribution is 5.97. The van der Waals surface area contributed by atoms with Crippen molar-refractivity contribution in [3.63, 3.8) is 0 Å². The van der Waals surface area contributed by atoms with Crippen molar-refractivity contribution in [3.8, 4) is 5.75 Å². The minimum atomic E-state index is -4.51. The number of rotatable bonds is 5. The third kappa shape index (κ3) is 4.74. The van der Waals surface area contributed by atoms with Gasteiger partial charge >= 0.3 is 6.18 Å². The lowest BCUT2D eigenvalue weighted by Gasteiger charge is -2.29. The number of hydrogen-bond acceptors (Lipinski definition) is 3. The Labute approximate surface area is 139 Å². The Kier molecular flexibility index (Phi) is 5.88. The highest BCUT2D eigenvalue weighted by atomic mass is 19.4. The van der Waals surface area contributed by atoms with E-state index < -0.39 is 17.6 Å². The van der Waals surface area contributed by atoms with Crippen LogP contribution >= 0.6 is 0 Å². The minimum Gasteiger partial charge on any atom is -0.489 e. The van der Waals surface area contributed by atoms with Crippen molar-refractivity contribution in [1.29, 1.82) is 0 Å². The zero-order valence-corrected chi connectivity index (χ0v) is 13.5. The molecule has 0 spiro atoms. The molecule has 0 atom stereocenters. The van der Waals surface area contributed by atoms with E-state index in [1.807, 2.05) is 7.05 Å². The molecule has 132 valence electrons. The topological polar surface area (TPSA) is 41.6 Å².